The maximum absolute atomic E-state index is 2.34. The first-order valence-corrected chi connectivity index (χ1v) is 21.6. The second-order valence-corrected chi connectivity index (χ2v) is 21.2. The summed E-state index contributed by atoms with van der Waals surface area (Å²) in [5, 5.41) is 5.39. The molecular weight excluding hydrogens is 695 g/mol. The van der Waals surface area contributed by atoms with E-state index in [2.05, 4.69) is 179 Å². The van der Waals surface area contributed by atoms with Crippen LogP contribution in [-0.2, 0) is 23.3 Å². The van der Waals surface area contributed by atoms with E-state index in [-0.39, 0.29) is 30.2 Å². The molecule has 46 heavy (non-hydrogen) atoms. The van der Waals surface area contributed by atoms with Crippen LogP contribution in [-0.4, -0.2) is 5.43 Å². The molecule has 232 valence electrons. The first kappa shape index (κ1) is 37.5. The Morgan fingerprint density at radius 2 is 1.00 bits per heavy atom. The van der Waals surface area contributed by atoms with E-state index in [1.165, 1.54) is 66.1 Å². The molecule has 7 aromatic carbocycles. The Balaban J connectivity index is 0.000000219. The quantitative estimate of drug-likeness (QED) is 0.146. The summed E-state index contributed by atoms with van der Waals surface area (Å²) in [5.74, 6) is 0.584. The molecule has 0 nitrogen and oxygen atoms in total. The van der Waals surface area contributed by atoms with Gasteiger partial charge in [-0.3, -0.25) is 0 Å². The topological polar surface area (TPSA) is 0 Å². The summed E-state index contributed by atoms with van der Waals surface area (Å²) in [5.41, 5.74) is 10.7. The summed E-state index contributed by atoms with van der Waals surface area (Å²) in [6.07, 6.45) is 0. The standard InChI is InChI=1S/C22H17.C18H17.C2H6Si.2ClH.Zr/c1-16-14-21-19(17-8-4-2-5-9-17)12-13-20(22(21)15-16)18-10-6-3-7-11-18;1-13(2)16-11-15-9-6-10-17(18(15)12-16)14-7-4-3-5-8-14;1-3-2;;;/h2-15H,1H3;3-13H,1-2H3;1-2H3;2*1H;/q2*-1;;;;+2/p-2. The number of hydrogen-bond acceptors (Lipinski definition) is 0. The minimum atomic E-state index is 0. The van der Waals surface area contributed by atoms with Gasteiger partial charge in [-0.2, -0.15) is 12.1 Å². The van der Waals surface area contributed by atoms with Gasteiger partial charge >= 0.3 is 41.9 Å². The van der Waals surface area contributed by atoms with Crippen molar-refractivity contribution in [2.24, 2.45) is 0 Å². The van der Waals surface area contributed by atoms with Crippen LogP contribution in [0.3, 0.4) is 0 Å². The Labute approximate surface area is 302 Å². The monoisotopic (exact) mass is 732 g/mol. The van der Waals surface area contributed by atoms with Gasteiger partial charge in [0.1, 0.15) is 0 Å². The van der Waals surface area contributed by atoms with Crippen LogP contribution in [0.4, 0.5) is 0 Å². The molecule has 0 atom stereocenters. The largest absolute Gasteiger partial charge is 1.00 e. The SMILES string of the molecule is CC(C)c1cc2c(-c3ccccc3)cccc2[cH-]1.C[Si](C)=[Zr+2].Cc1cc2c(-c3ccccc3)ccc(-c3ccccc3)c2[cH-]1.[Cl-].[Cl-]. The number of fused-ring (bicyclic) bond motifs is 2. The summed E-state index contributed by atoms with van der Waals surface area (Å²) in [6.45, 7) is 11.3. The smallest absolute Gasteiger partial charge is 0.0279 e. The van der Waals surface area contributed by atoms with Crippen molar-refractivity contribution in [3.05, 3.63) is 157 Å². The molecule has 0 amide bonds. The third-order valence-electron chi connectivity index (χ3n) is 7.73. The molecule has 0 aliphatic heterocycles. The molecule has 0 saturated carbocycles. The van der Waals surface area contributed by atoms with Crippen LogP contribution in [0.1, 0.15) is 30.9 Å². The normalized spacial score (nSPS) is 10.3. The van der Waals surface area contributed by atoms with Gasteiger partial charge in [-0.1, -0.05) is 152 Å². The van der Waals surface area contributed by atoms with Gasteiger partial charge in [0.25, 0.3) is 0 Å². The number of aryl methyl sites for hydroxylation is 1. The van der Waals surface area contributed by atoms with Crippen LogP contribution in [0.2, 0.25) is 13.1 Å². The van der Waals surface area contributed by atoms with Crippen molar-refractivity contribution < 1.29 is 48.1 Å². The van der Waals surface area contributed by atoms with Crippen molar-refractivity contribution >= 4 is 27.0 Å². The van der Waals surface area contributed by atoms with Gasteiger partial charge in [0.2, 0.25) is 0 Å². The molecule has 0 saturated heterocycles. The summed E-state index contributed by atoms with van der Waals surface area (Å²) in [4.78, 5) is 0. The van der Waals surface area contributed by atoms with Crippen LogP contribution in [0.25, 0.3) is 54.9 Å². The van der Waals surface area contributed by atoms with Crippen molar-refractivity contribution in [1.29, 1.82) is 0 Å². The van der Waals surface area contributed by atoms with E-state index in [9.17, 15) is 0 Å². The molecule has 0 N–H and O–H groups in total. The summed E-state index contributed by atoms with van der Waals surface area (Å²) in [7, 11) is 0. The molecule has 0 aliphatic rings. The van der Waals surface area contributed by atoms with Crippen LogP contribution in [0.15, 0.2) is 146 Å². The van der Waals surface area contributed by atoms with Gasteiger partial charge in [-0.05, 0) is 17.0 Å². The second-order valence-electron chi connectivity index (χ2n) is 11.9. The summed E-state index contributed by atoms with van der Waals surface area (Å²) >= 11 is 1.74. The fraction of sp³-hybridized carbons (Fsp3) is 0.143. The molecule has 0 heterocycles. The molecule has 0 radical (unpaired) electrons. The molecule has 0 bridgehead atoms. The first-order chi connectivity index (χ1) is 21.3. The van der Waals surface area contributed by atoms with Gasteiger partial charge < -0.3 is 24.8 Å². The van der Waals surface area contributed by atoms with Crippen molar-refractivity contribution in [2.45, 2.75) is 39.8 Å². The number of rotatable bonds is 4. The van der Waals surface area contributed by atoms with Crippen molar-refractivity contribution in [2.75, 3.05) is 0 Å². The zero-order valence-electron chi connectivity index (χ0n) is 27.2. The van der Waals surface area contributed by atoms with E-state index in [0.717, 1.165) is 0 Å². The van der Waals surface area contributed by atoms with Crippen molar-refractivity contribution in [3.8, 4) is 33.4 Å². The van der Waals surface area contributed by atoms with Gasteiger partial charge in [0.15, 0.2) is 0 Å². The van der Waals surface area contributed by atoms with Gasteiger partial charge in [0, 0.05) is 0 Å². The molecule has 4 heteroatoms. The second kappa shape index (κ2) is 17.8. The average Bonchev–Trinajstić information content (AvgIpc) is 3.66. The zero-order chi connectivity index (χ0) is 31.1. The van der Waals surface area contributed by atoms with E-state index in [4.69, 9.17) is 0 Å². The maximum atomic E-state index is 2.34. The minimum absolute atomic E-state index is 0. The average molecular weight is 735 g/mol. The number of benzene rings is 5. The van der Waals surface area contributed by atoms with E-state index < -0.39 is 0 Å². The molecular formula is C42H40Cl2SiZr-2. The Kier molecular flexibility index (Phi) is 14.5. The van der Waals surface area contributed by atoms with Crippen molar-refractivity contribution in [1.82, 2.24) is 0 Å². The minimum Gasteiger partial charge on any atom is -1.00 e. The predicted octanol–water partition coefficient (Wildman–Crippen LogP) is 6.34. The van der Waals surface area contributed by atoms with E-state index in [1.807, 2.05) is 0 Å². The molecule has 7 rings (SSSR count). The van der Waals surface area contributed by atoms with E-state index in [0.29, 0.717) is 5.92 Å². The van der Waals surface area contributed by atoms with Gasteiger partial charge in [0.05, 0.1) is 0 Å². The number of halogens is 2. The first-order valence-electron chi connectivity index (χ1n) is 15.4. The third-order valence-corrected chi connectivity index (χ3v) is 7.73. The molecule has 7 aromatic rings. The Bertz CT molecular complexity index is 1890. The summed E-state index contributed by atoms with van der Waals surface area (Å²) in [6, 6.07) is 52.2. The Morgan fingerprint density at radius 1 is 0.543 bits per heavy atom. The van der Waals surface area contributed by atoms with Crippen molar-refractivity contribution in [3.63, 3.8) is 0 Å². The zero-order valence-corrected chi connectivity index (χ0v) is 32.2. The molecule has 0 unspecified atom stereocenters. The predicted molar refractivity (Wildman–Crippen MR) is 192 cm³/mol. The fourth-order valence-corrected chi connectivity index (χ4v) is 5.64. The van der Waals surface area contributed by atoms with Gasteiger partial charge in [-0.25, -0.2) is 0 Å². The Hall–Kier alpha value is -3.00. The Morgan fingerprint density at radius 3 is 1.50 bits per heavy atom. The maximum Gasteiger partial charge on any atom is -0.0279 e. The molecule has 0 aliphatic carbocycles. The van der Waals surface area contributed by atoms with Crippen LogP contribution in [0.5, 0.6) is 0 Å². The van der Waals surface area contributed by atoms with Crippen LogP contribution < -0.4 is 24.8 Å². The third kappa shape index (κ3) is 9.30. The fourth-order valence-electron chi connectivity index (χ4n) is 5.64. The van der Waals surface area contributed by atoms with E-state index in [1.54, 1.807) is 23.3 Å². The van der Waals surface area contributed by atoms with Crippen LogP contribution >= 0.6 is 0 Å². The van der Waals surface area contributed by atoms with Gasteiger partial charge in [-0.15, -0.1) is 56.9 Å². The number of hydrogen-bond donors (Lipinski definition) is 0. The summed E-state index contributed by atoms with van der Waals surface area (Å²) < 4.78 is 0. The van der Waals surface area contributed by atoms with E-state index >= 15 is 0 Å². The van der Waals surface area contributed by atoms with Crippen LogP contribution in [0, 0.1) is 6.92 Å². The molecule has 0 fully saturated rings. The molecule has 0 aromatic heterocycles. The molecule has 0 spiro atoms.